The minimum absolute atomic E-state index is 0.417. The van der Waals surface area contributed by atoms with Gasteiger partial charge in [-0.05, 0) is 67.7 Å². The molecule has 0 bridgehead atoms. The second-order valence-corrected chi connectivity index (χ2v) is 6.63. The minimum Gasteiger partial charge on any atom is -0.271 e. The number of hydrazine groups is 1. The Hall–Kier alpha value is -0.510. The molecule has 0 aliphatic carbocycles. The normalized spacial score (nSPS) is 21.2. The van der Waals surface area contributed by atoms with Crippen LogP contribution in [0.5, 0.6) is 0 Å². The van der Waals surface area contributed by atoms with Crippen molar-refractivity contribution >= 4 is 11.8 Å². The Morgan fingerprint density at radius 2 is 2.00 bits per heavy atom. The van der Waals surface area contributed by atoms with E-state index in [1.807, 2.05) is 0 Å². The first-order chi connectivity index (χ1) is 8.61. The maximum absolute atomic E-state index is 5.77. The number of benzene rings is 1. The number of nitrogens with two attached hydrogens (primary N) is 1. The molecular weight excluding hydrogens is 240 g/mol. The summed E-state index contributed by atoms with van der Waals surface area (Å²) >= 11 is 2.05. The van der Waals surface area contributed by atoms with Crippen molar-refractivity contribution < 1.29 is 0 Å². The summed E-state index contributed by atoms with van der Waals surface area (Å²) in [5, 5.41) is 0. The molecule has 3 heteroatoms. The van der Waals surface area contributed by atoms with Crippen molar-refractivity contribution in [1.29, 1.82) is 0 Å². The number of rotatable bonds is 4. The van der Waals surface area contributed by atoms with Crippen molar-refractivity contribution in [2.45, 2.75) is 39.7 Å². The van der Waals surface area contributed by atoms with Gasteiger partial charge in [0.2, 0.25) is 0 Å². The van der Waals surface area contributed by atoms with E-state index in [0.29, 0.717) is 6.04 Å². The Morgan fingerprint density at radius 3 is 2.50 bits per heavy atom. The Kier molecular flexibility index (Phi) is 4.71. The quantitative estimate of drug-likeness (QED) is 0.649. The first-order valence-electron chi connectivity index (χ1n) is 6.72. The third-order valence-electron chi connectivity index (χ3n) is 4.01. The monoisotopic (exact) mass is 264 g/mol. The molecule has 0 saturated carbocycles. The first-order valence-corrected chi connectivity index (χ1v) is 7.88. The molecule has 2 atom stereocenters. The molecule has 1 fully saturated rings. The highest BCUT2D eigenvalue weighted by atomic mass is 32.2. The van der Waals surface area contributed by atoms with E-state index in [-0.39, 0.29) is 0 Å². The van der Waals surface area contributed by atoms with Crippen LogP contribution in [0, 0.1) is 26.7 Å². The maximum Gasteiger partial charge on any atom is 0.0287 e. The van der Waals surface area contributed by atoms with Crippen molar-refractivity contribution in [3.8, 4) is 0 Å². The number of aryl methyl sites for hydroxylation is 3. The fraction of sp³-hybridized carbons (Fsp3) is 0.600. The van der Waals surface area contributed by atoms with E-state index in [4.69, 9.17) is 5.84 Å². The third-order valence-corrected chi connectivity index (χ3v) is 5.20. The lowest BCUT2D eigenvalue weighted by Crippen LogP contribution is -2.42. The van der Waals surface area contributed by atoms with Crippen LogP contribution in [0.4, 0.5) is 0 Å². The standard InChI is InChI=1S/C15H24N2S/c1-10-6-11(2)14(12(3)7-10)8-15(17-16)13-4-5-18-9-13/h6-7,13,15,17H,4-5,8-9,16H2,1-3H3. The average molecular weight is 264 g/mol. The summed E-state index contributed by atoms with van der Waals surface area (Å²) in [5.41, 5.74) is 8.67. The molecular formula is C15H24N2S. The minimum atomic E-state index is 0.417. The second-order valence-electron chi connectivity index (χ2n) is 5.48. The van der Waals surface area contributed by atoms with Gasteiger partial charge in [-0.3, -0.25) is 11.3 Å². The molecule has 0 spiro atoms. The van der Waals surface area contributed by atoms with Gasteiger partial charge in [-0.2, -0.15) is 11.8 Å². The van der Waals surface area contributed by atoms with E-state index in [1.165, 1.54) is 40.2 Å². The van der Waals surface area contributed by atoms with E-state index in [1.54, 1.807) is 0 Å². The molecule has 1 aliphatic rings. The zero-order valence-electron chi connectivity index (χ0n) is 11.6. The van der Waals surface area contributed by atoms with Crippen LogP contribution in [0.15, 0.2) is 12.1 Å². The fourth-order valence-electron chi connectivity index (χ4n) is 2.98. The largest absolute Gasteiger partial charge is 0.271 e. The Morgan fingerprint density at radius 1 is 1.33 bits per heavy atom. The van der Waals surface area contributed by atoms with Crippen LogP contribution in [0.25, 0.3) is 0 Å². The van der Waals surface area contributed by atoms with Gasteiger partial charge in [-0.25, -0.2) is 0 Å². The Bertz CT molecular complexity index is 388. The van der Waals surface area contributed by atoms with Gasteiger partial charge in [0.25, 0.3) is 0 Å². The van der Waals surface area contributed by atoms with Crippen LogP contribution in [-0.2, 0) is 6.42 Å². The Labute approximate surface area is 115 Å². The molecule has 0 radical (unpaired) electrons. The van der Waals surface area contributed by atoms with Crippen molar-refractivity contribution in [3.63, 3.8) is 0 Å². The fourth-order valence-corrected chi connectivity index (χ4v) is 4.32. The van der Waals surface area contributed by atoms with E-state index in [2.05, 4.69) is 50.1 Å². The number of thioether (sulfide) groups is 1. The average Bonchev–Trinajstić information content (AvgIpc) is 2.81. The van der Waals surface area contributed by atoms with Gasteiger partial charge in [0.05, 0.1) is 0 Å². The maximum atomic E-state index is 5.77. The summed E-state index contributed by atoms with van der Waals surface area (Å²) in [6, 6.07) is 4.97. The molecule has 1 heterocycles. The lowest BCUT2D eigenvalue weighted by atomic mass is 9.89. The highest BCUT2D eigenvalue weighted by molar-refractivity contribution is 7.99. The van der Waals surface area contributed by atoms with Crippen LogP contribution in [-0.4, -0.2) is 17.5 Å². The number of hydrogen-bond donors (Lipinski definition) is 2. The zero-order chi connectivity index (χ0) is 13.1. The molecule has 18 heavy (non-hydrogen) atoms. The van der Waals surface area contributed by atoms with E-state index < -0.39 is 0 Å². The van der Waals surface area contributed by atoms with Gasteiger partial charge in [0.15, 0.2) is 0 Å². The van der Waals surface area contributed by atoms with Crippen LogP contribution in [0.1, 0.15) is 28.7 Å². The van der Waals surface area contributed by atoms with E-state index >= 15 is 0 Å². The lowest BCUT2D eigenvalue weighted by Gasteiger charge is -2.24. The summed E-state index contributed by atoms with van der Waals surface area (Å²) in [6.07, 6.45) is 2.35. The molecule has 100 valence electrons. The van der Waals surface area contributed by atoms with Gasteiger partial charge in [-0.1, -0.05) is 17.7 Å². The van der Waals surface area contributed by atoms with Crippen molar-refractivity contribution in [1.82, 2.24) is 5.43 Å². The molecule has 1 aromatic rings. The van der Waals surface area contributed by atoms with E-state index in [0.717, 1.165) is 12.3 Å². The van der Waals surface area contributed by atoms with Crippen molar-refractivity contribution in [3.05, 3.63) is 34.4 Å². The molecule has 1 saturated heterocycles. The van der Waals surface area contributed by atoms with Gasteiger partial charge in [0, 0.05) is 6.04 Å². The topological polar surface area (TPSA) is 38.0 Å². The highest BCUT2D eigenvalue weighted by Gasteiger charge is 2.25. The van der Waals surface area contributed by atoms with Crippen LogP contribution in [0.3, 0.4) is 0 Å². The van der Waals surface area contributed by atoms with Crippen molar-refractivity contribution in [2.75, 3.05) is 11.5 Å². The third kappa shape index (κ3) is 3.08. The molecule has 2 unspecified atom stereocenters. The molecule has 2 rings (SSSR count). The van der Waals surface area contributed by atoms with Gasteiger partial charge < -0.3 is 0 Å². The predicted molar refractivity (Wildman–Crippen MR) is 80.9 cm³/mol. The Balaban J connectivity index is 2.16. The van der Waals surface area contributed by atoms with Crippen molar-refractivity contribution in [2.24, 2.45) is 11.8 Å². The molecule has 3 N–H and O–H groups in total. The number of hydrogen-bond acceptors (Lipinski definition) is 3. The summed E-state index contributed by atoms with van der Waals surface area (Å²) in [4.78, 5) is 0. The molecule has 2 nitrogen and oxygen atoms in total. The van der Waals surface area contributed by atoms with Crippen LogP contribution < -0.4 is 11.3 Å². The molecule has 1 aliphatic heterocycles. The second kappa shape index (κ2) is 6.09. The summed E-state index contributed by atoms with van der Waals surface area (Å²) in [6.45, 7) is 6.59. The van der Waals surface area contributed by atoms with Gasteiger partial charge >= 0.3 is 0 Å². The lowest BCUT2D eigenvalue weighted by molar-refractivity contribution is 0.385. The highest BCUT2D eigenvalue weighted by Crippen LogP contribution is 2.29. The summed E-state index contributed by atoms with van der Waals surface area (Å²) < 4.78 is 0. The predicted octanol–water partition coefficient (Wildman–Crippen LogP) is 2.74. The SMILES string of the molecule is Cc1cc(C)c(CC(NN)C2CCSC2)c(C)c1. The zero-order valence-corrected chi connectivity index (χ0v) is 12.4. The van der Waals surface area contributed by atoms with Gasteiger partial charge in [0.1, 0.15) is 0 Å². The molecule has 0 aromatic heterocycles. The first kappa shape index (κ1) is 13.9. The summed E-state index contributed by atoms with van der Waals surface area (Å²) in [7, 11) is 0. The van der Waals surface area contributed by atoms with Crippen LogP contribution >= 0.6 is 11.8 Å². The smallest absolute Gasteiger partial charge is 0.0287 e. The summed E-state index contributed by atoms with van der Waals surface area (Å²) in [5.74, 6) is 9.03. The number of nitrogens with one attached hydrogen (secondary N) is 1. The van der Waals surface area contributed by atoms with Gasteiger partial charge in [-0.15, -0.1) is 0 Å². The van der Waals surface area contributed by atoms with Crippen LogP contribution in [0.2, 0.25) is 0 Å². The van der Waals surface area contributed by atoms with E-state index in [9.17, 15) is 0 Å². The molecule has 0 amide bonds. The molecule has 1 aromatic carbocycles.